The highest BCUT2D eigenvalue weighted by Crippen LogP contribution is 2.17. The fourth-order valence-corrected chi connectivity index (χ4v) is 3.13. The fraction of sp³-hybridized carbons (Fsp3) is 0.471. The number of imidazole rings is 1. The van der Waals surface area contributed by atoms with Gasteiger partial charge in [0, 0.05) is 25.2 Å². The number of amides is 1. The SMILES string of the molecule is CC(C)N1CCC(NC(=O)c2nc3c(C(=O)O)cccc3[nH]2)CC1. The fourth-order valence-electron chi connectivity index (χ4n) is 3.13. The Morgan fingerprint density at radius 2 is 2.04 bits per heavy atom. The largest absolute Gasteiger partial charge is 0.478 e. The first-order valence-corrected chi connectivity index (χ1v) is 8.22. The minimum Gasteiger partial charge on any atom is -0.478 e. The predicted molar refractivity (Wildman–Crippen MR) is 90.3 cm³/mol. The Kier molecular flexibility index (Phi) is 4.53. The van der Waals surface area contributed by atoms with Gasteiger partial charge in [-0.15, -0.1) is 0 Å². The molecule has 0 atom stereocenters. The maximum absolute atomic E-state index is 12.4. The number of aromatic carboxylic acids is 1. The van der Waals surface area contributed by atoms with Gasteiger partial charge >= 0.3 is 5.97 Å². The number of carboxylic acids is 1. The summed E-state index contributed by atoms with van der Waals surface area (Å²) in [6.07, 6.45) is 1.81. The molecule has 128 valence electrons. The van der Waals surface area contributed by atoms with Crippen LogP contribution < -0.4 is 5.32 Å². The van der Waals surface area contributed by atoms with Crippen LogP contribution in [0.25, 0.3) is 11.0 Å². The molecule has 0 aliphatic carbocycles. The topological polar surface area (TPSA) is 98.3 Å². The second-order valence-corrected chi connectivity index (χ2v) is 6.47. The highest BCUT2D eigenvalue weighted by Gasteiger charge is 2.24. The van der Waals surface area contributed by atoms with Gasteiger partial charge in [-0.05, 0) is 38.8 Å². The van der Waals surface area contributed by atoms with E-state index in [1.807, 2.05) is 0 Å². The first-order valence-electron chi connectivity index (χ1n) is 8.22. The van der Waals surface area contributed by atoms with Crippen molar-refractivity contribution in [2.75, 3.05) is 13.1 Å². The lowest BCUT2D eigenvalue weighted by Crippen LogP contribution is -2.46. The molecule has 0 saturated carbocycles. The number of carbonyl (C=O) groups excluding carboxylic acids is 1. The van der Waals surface area contributed by atoms with Crippen LogP contribution >= 0.6 is 0 Å². The van der Waals surface area contributed by atoms with Crippen molar-refractivity contribution in [3.63, 3.8) is 0 Å². The number of para-hydroxylation sites is 1. The van der Waals surface area contributed by atoms with E-state index >= 15 is 0 Å². The summed E-state index contributed by atoms with van der Waals surface area (Å²) in [5.41, 5.74) is 0.951. The summed E-state index contributed by atoms with van der Waals surface area (Å²) in [6, 6.07) is 5.47. The zero-order valence-corrected chi connectivity index (χ0v) is 13.9. The molecule has 0 spiro atoms. The van der Waals surface area contributed by atoms with Gasteiger partial charge in [0.15, 0.2) is 5.82 Å². The number of nitrogens with one attached hydrogen (secondary N) is 2. The minimum atomic E-state index is -1.06. The molecule has 1 aliphatic rings. The number of piperidine rings is 1. The number of nitrogens with zero attached hydrogens (tertiary/aromatic N) is 2. The molecular weight excluding hydrogens is 308 g/mol. The maximum atomic E-state index is 12.4. The van der Waals surface area contributed by atoms with Gasteiger partial charge in [-0.3, -0.25) is 4.79 Å². The van der Waals surface area contributed by atoms with Gasteiger partial charge in [0.05, 0.1) is 11.1 Å². The van der Waals surface area contributed by atoms with E-state index in [2.05, 4.69) is 34.0 Å². The van der Waals surface area contributed by atoms with Gasteiger partial charge < -0.3 is 20.3 Å². The van der Waals surface area contributed by atoms with Crippen LogP contribution in [0.2, 0.25) is 0 Å². The number of hydrogen-bond acceptors (Lipinski definition) is 4. The van der Waals surface area contributed by atoms with Gasteiger partial charge in [0.25, 0.3) is 5.91 Å². The molecule has 1 aliphatic heterocycles. The molecule has 3 N–H and O–H groups in total. The van der Waals surface area contributed by atoms with Crippen LogP contribution in [0, 0.1) is 0 Å². The summed E-state index contributed by atoms with van der Waals surface area (Å²) in [5, 5.41) is 12.2. The number of H-pyrrole nitrogens is 1. The minimum absolute atomic E-state index is 0.0908. The third-order valence-electron chi connectivity index (χ3n) is 4.55. The second-order valence-electron chi connectivity index (χ2n) is 6.47. The Bertz CT molecular complexity index is 760. The first kappa shape index (κ1) is 16.4. The van der Waals surface area contributed by atoms with E-state index in [1.165, 1.54) is 6.07 Å². The monoisotopic (exact) mass is 330 g/mol. The Labute approximate surface area is 140 Å². The zero-order chi connectivity index (χ0) is 17.3. The third-order valence-corrected chi connectivity index (χ3v) is 4.55. The summed E-state index contributed by atoms with van der Waals surface area (Å²) in [5.74, 6) is -1.18. The standard InChI is InChI=1S/C17H22N4O3/c1-10(2)21-8-6-11(7-9-21)18-16(22)15-19-13-5-3-4-12(17(23)24)14(13)20-15/h3-5,10-11H,6-9H2,1-2H3,(H,18,22)(H,19,20)(H,23,24). The smallest absolute Gasteiger partial charge is 0.337 e. The predicted octanol–water partition coefficient (Wildman–Crippen LogP) is 1.86. The van der Waals surface area contributed by atoms with Crippen molar-refractivity contribution in [1.82, 2.24) is 20.2 Å². The molecule has 1 saturated heterocycles. The van der Waals surface area contributed by atoms with E-state index in [9.17, 15) is 14.7 Å². The van der Waals surface area contributed by atoms with Crippen molar-refractivity contribution in [1.29, 1.82) is 0 Å². The normalized spacial score (nSPS) is 16.6. The Balaban J connectivity index is 1.71. The number of fused-ring (bicyclic) bond motifs is 1. The molecule has 7 heteroatoms. The van der Waals surface area contributed by atoms with E-state index in [-0.39, 0.29) is 23.3 Å². The van der Waals surface area contributed by atoms with Gasteiger partial charge in [-0.2, -0.15) is 0 Å². The molecule has 0 radical (unpaired) electrons. The average molecular weight is 330 g/mol. The van der Waals surface area contributed by atoms with Crippen molar-refractivity contribution in [3.05, 3.63) is 29.6 Å². The molecule has 1 amide bonds. The molecule has 24 heavy (non-hydrogen) atoms. The van der Waals surface area contributed by atoms with Gasteiger partial charge in [0.1, 0.15) is 5.52 Å². The first-order chi connectivity index (χ1) is 11.5. The number of aromatic amines is 1. The number of rotatable bonds is 4. The summed E-state index contributed by atoms with van der Waals surface area (Å²) in [4.78, 5) is 33.1. The van der Waals surface area contributed by atoms with Crippen molar-refractivity contribution in [2.45, 2.75) is 38.8 Å². The molecule has 1 aromatic carbocycles. The average Bonchev–Trinajstić information content (AvgIpc) is 2.99. The number of hydrogen-bond donors (Lipinski definition) is 3. The number of benzene rings is 1. The summed E-state index contributed by atoms with van der Waals surface area (Å²) < 4.78 is 0. The van der Waals surface area contributed by atoms with Gasteiger partial charge in [-0.25, -0.2) is 9.78 Å². The molecule has 1 fully saturated rings. The van der Waals surface area contributed by atoms with Crippen LogP contribution in [0.1, 0.15) is 47.7 Å². The van der Waals surface area contributed by atoms with Crippen LogP contribution in [-0.2, 0) is 0 Å². The number of carboxylic acid groups (broad SMARTS) is 1. The van der Waals surface area contributed by atoms with Gasteiger partial charge in [0.2, 0.25) is 0 Å². The Hall–Kier alpha value is -2.41. The van der Waals surface area contributed by atoms with E-state index in [4.69, 9.17) is 0 Å². The number of likely N-dealkylation sites (tertiary alicyclic amines) is 1. The zero-order valence-electron chi connectivity index (χ0n) is 13.9. The van der Waals surface area contributed by atoms with Crippen molar-refractivity contribution in [2.24, 2.45) is 0 Å². The van der Waals surface area contributed by atoms with E-state index in [0.717, 1.165) is 25.9 Å². The van der Waals surface area contributed by atoms with E-state index in [0.29, 0.717) is 17.1 Å². The van der Waals surface area contributed by atoms with Crippen LogP contribution in [0.5, 0.6) is 0 Å². The number of carbonyl (C=O) groups is 2. The van der Waals surface area contributed by atoms with Gasteiger partial charge in [-0.1, -0.05) is 6.07 Å². The van der Waals surface area contributed by atoms with Crippen LogP contribution in [0.3, 0.4) is 0 Å². The summed E-state index contributed by atoms with van der Waals surface area (Å²) >= 11 is 0. The molecular formula is C17H22N4O3. The Morgan fingerprint density at radius 1 is 1.33 bits per heavy atom. The maximum Gasteiger partial charge on any atom is 0.337 e. The molecule has 0 unspecified atom stereocenters. The van der Waals surface area contributed by atoms with Crippen molar-refractivity contribution in [3.8, 4) is 0 Å². The molecule has 1 aromatic heterocycles. The number of aromatic nitrogens is 2. The summed E-state index contributed by atoms with van der Waals surface area (Å²) in [6.45, 7) is 6.28. The lowest BCUT2D eigenvalue weighted by molar-refractivity contribution is 0.0698. The van der Waals surface area contributed by atoms with Crippen LogP contribution in [0.4, 0.5) is 0 Å². The molecule has 2 heterocycles. The van der Waals surface area contributed by atoms with Crippen LogP contribution in [-0.4, -0.2) is 57.0 Å². The lowest BCUT2D eigenvalue weighted by Gasteiger charge is -2.34. The van der Waals surface area contributed by atoms with E-state index < -0.39 is 5.97 Å². The lowest BCUT2D eigenvalue weighted by atomic mass is 10.0. The van der Waals surface area contributed by atoms with E-state index in [1.54, 1.807) is 12.1 Å². The Morgan fingerprint density at radius 3 is 2.67 bits per heavy atom. The molecule has 7 nitrogen and oxygen atoms in total. The molecule has 0 bridgehead atoms. The van der Waals surface area contributed by atoms with Crippen LogP contribution in [0.15, 0.2) is 18.2 Å². The summed E-state index contributed by atoms with van der Waals surface area (Å²) in [7, 11) is 0. The molecule has 3 rings (SSSR count). The van der Waals surface area contributed by atoms with Crippen molar-refractivity contribution < 1.29 is 14.7 Å². The highest BCUT2D eigenvalue weighted by atomic mass is 16.4. The second kappa shape index (κ2) is 6.60. The quantitative estimate of drug-likeness (QED) is 0.795. The highest BCUT2D eigenvalue weighted by molar-refractivity contribution is 6.03. The third kappa shape index (κ3) is 3.26. The van der Waals surface area contributed by atoms with Crippen molar-refractivity contribution >= 4 is 22.9 Å². The molecule has 2 aromatic rings.